The topological polar surface area (TPSA) is 81.2 Å². The Kier molecular flexibility index (Phi) is 6.25. The molecule has 0 unspecified atom stereocenters. The summed E-state index contributed by atoms with van der Waals surface area (Å²) in [5, 5.41) is 0. The number of carbonyl (C=O) groups excluding carboxylic acids is 1. The molecule has 1 N–H and O–H groups in total. The van der Waals surface area contributed by atoms with Crippen LogP contribution in [-0.4, -0.2) is 21.1 Å². The molecule has 3 aromatic carbocycles. The van der Waals surface area contributed by atoms with Crippen LogP contribution >= 0.6 is 0 Å². The molecule has 37 heavy (non-hydrogen) atoms. The summed E-state index contributed by atoms with van der Waals surface area (Å²) in [4.78, 5) is 41.1. The molecule has 0 spiro atoms. The van der Waals surface area contributed by atoms with Gasteiger partial charge >= 0.3 is 11.7 Å². The Balaban J connectivity index is 1.58. The third-order valence-corrected chi connectivity index (χ3v) is 6.32. The van der Waals surface area contributed by atoms with E-state index in [0.717, 1.165) is 27.8 Å². The van der Waals surface area contributed by atoms with Crippen LogP contribution in [0.3, 0.4) is 0 Å². The van der Waals surface area contributed by atoms with E-state index in [2.05, 4.69) is 17.1 Å². The number of esters is 1. The van der Waals surface area contributed by atoms with Crippen molar-refractivity contribution in [2.45, 2.75) is 38.8 Å². The zero-order valence-electron chi connectivity index (χ0n) is 21.0. The highest BCUT2D eigenvalue weighted by Gasteiger charge is 2.26. The largest absolute Gasteiger partial charge is 0.456 e. The van der Waals surface area contributed by atoms with Crippen LogP contribution in [0, 0.1) is 0 Å². The maximum atomic E-state index is 13.2. The van der Waals surface area contributed by atoms with Gasteiger partial charge in [0.1, 0.15) is 5.60 Å². The molecule has 1 aliphatic rings. The lowest BCUT2D eigenvalue weighted by atomic mass is 9.83. The summed E-state index contributed by atoms with van der Waals surface area (Å²) in [5.74, 6) is -0.783. The minimum atomic E-state index is -0.613. The van der Waals surface area contributed by atoms with Gasteiger partial charge in [0, 0.05) is 17.7 Å². The molecular weight excluding hydrogens is 464 g/mol. The highest BCUT2D eigenvalue weighted by atomic mass is 16.6. The first kappa shape index (κ1) is 24.3. The van der Waals surface area contributed by atoms with Crippen LogP contribution in [0.4, 0.5) is 0 Å². The van der Waals surface area contributed by atoms with E-state index in [4.69, 9.17) is 4.74 Å². The van der Waals surface area contributed by atoms with Crippen molar-refractivity contribution in [3.8, 4) is 0 Å². The van der Waals surface area contributed by atoms with E-state index in [0.29, 0.717) is 11.1 Å². The Labute approximate surface area is 214 Å². The van der Waals surface area contributed by atoms with E-state index in [1.54, 1.807) is 24.4 Å². The van der Waals surface area contributed by atoms with Crippen LogP contribution < -0.4 is 11.2 Å². The number of hydrogen-bond acceptors (Lipinski definition) is 4. The summed E-state index contributed by atoms with van der Waals surface area (Å²) in [7, 11) is 0. The monoisotopic (exact) mass is 492 g/mol. The number of ether oxygens (including phenoxy) is 1. The number of aromatic amines is 1. The lowest BCUT2D eigenvalue weighted by Gasteiger charge is -2.21. The van der Waals surface area contributed by atoms with Crippen LogP contribution in [0.5, 0.6) is 0 Å². The standard InChI is InChI=1S/C31H28N2O4/c1-31(2,3)37-29(35)23-12-8-9-20(17-23)18-33-19-26(28(34)32-30(33)36)27-24-13-6-4-10-21(24)15-16-22-11-5-7-14-25(22)27/h4-17,19,27H,18H2,1-3H3,(H,32,34,36). The van der Waals surface area contributed by atoms with Gasteiger partial charge in [-0.3, -0.25) is 14.3 Å². The lowest BCUT2D eigenvalue weighted by Crippen LogP contribution is -2.33. The van der Waals surface area contributed by atoms with Crippen LogP contribution in [0.1, 0.15) is 70.4 Å². The highest BCUT2D eigenvalue weighted by Crippen LogP contribution is 2.37. The van der Waals surface area contributed by atoms with Crippen molar-refractivity contribution < 1.29 is 9.53 Å². The van der Waals surface area contributed by atoms with E-state index in [9.17, 15) is 14.4 Å². The minimum Gasteiger partial charge on any atom is -0.456 e. The number of nitrogens with zero attached hydrogens (tertiary/aromatic N) is 1. The van der Waals surface area contributed by atoms with Crippen LogP contribution in [-0.2, 0) is 11.3 Å². The molecule has 0 saturated carbocycles. The maximum absolute atomic E-state index is 13.2. The highest BCUT2D eigenvalue weighted by molar-refractivity contribution is 5.89. The molecule has 1 heterocycles. The van der Waals surface area contributed by atoms with Gasteiger partial charge in [0.25, 0.3) is 5.56 Å². The Morgan fingerprint density at radius 2 is 1.49 bits per heavy atom. The van der Waals surface area contributed by atoms with E-state index in [1.807, 2.05) is 75.4 Å². The van der Waals surface area contributed by atoms with Crippen molar-refractivity contribution in [1.29, 1.82) is 0 Å². The Morgan fingerprint density at radius 1 is 0.865 bits per heavy atom. The average Bonchev–Trinajstić information content (AvgIpc) is 3.02. The number of aromatic nitrogens is 2. The number of hydrogen-bond donors (Lipinski definition) is 1. The third-order valence-electron chi connectivity index (χ3n) is 6.32. The first-order valence-corrected chi connectivity index (χ1v) is 12.2. The average molecular weight is 493 g/mol. The SMILES string of the molecule is CC(C)(C)OC(=O)c1cccc(Cn2cc(C3c4ccccc4C=Cc4ccccc43)c(=O)[nH]c2=O)c1. The molecule has 6 nitrogen and oxygen atoms in total. The van der Waals surface area contributed by atoms with Crippen molar-refractivity contribution >= 4 is 18.1 Å². The quantitative estimate of drug-likeness (QED) is 0.350. The van der Waals surface area contributed by atoms with Crippen molar-refractivity contribution in [1.82, 2.24) is 9.55 Å². The maximum Gasteiger partial charge on any atom is 0.338 e. The molecule has 4 aromatic rings. The van der Waals surface area contributed by atoms with Crippen molar-refractivity contribution in [3.05, 3.63) is 139 Å². The molecule has 6 heteroatoms. The predicted octanol–water partition coefficient (Wildman–Crippen LogP) is 5.20. The number of H-pyrrole nitrogens is 1. The molecule has 0 amide bonds. The molecule has 1 aliphatic carbocycles. The second kappa shape index (κ2) is 9.54. The predicted molar refractivity (Wildman–Crippen MR) is 145 cm³/mol. The summed E-state index contributed by atoms with van der Waals surface area (Å²) in [6.45, 7) is 5.63. The number of nitrogens with one attached hydrogen (secondary N) is 1. The fraction of sp³-hybridized carbons (Fsp3) is 0.194. The molecule has 0 radical (unpaired) electrons. The van der Waals surface area contributed by atoms with Gasteiger partial charge in [0.2, 0.25) is 0 Å². The Morgan fingerprint density at radius 3 is 2.11 bits per heavy atom. The first-order valence-electron chi connectivity index (χ1n) is 12.2. The Hall–Kier alpha value is -4.45. The summed E-state index contributed by atoms with van der Waals surface area (Å²) in [6.07, 6.45) is 5.76. The van der Waals surface area contributed by atoms with E-state index in [-0.39, 0.29) is 12.5 Å². The lowest BCUT2D eigenvalue weighted by molar-refractivity contribution is 0.00694. The van der Waals surface area contributed by atoms with Gasteiger partial charge in [-0.25, -0.2) is 9.59 Å². The molecule has 0 aliphatic heterocycles. The molecule has 0 saturated heterocycles. The molecule has 0 bridgehead atoms. The zero-order chi connectivity index (χ0) is 26.2. The van der Waals surface area contributed by atoms with Gasteiger partial charge in [-0.15, -0.1) is 0 Å². The molecule has 1 aromatic heterocycles. The van der Waals surface area contributed by atoms with Gasteiger partial charge in [-0.2, -0.15) is 0 Å². The van der Waals surface area contributed by atoms with E-state index < -0.39 is 22.8 Å². The van der Waals surface area contributed by atoms with Crippen molar-refractivity contribution in [3.63, 3.8) is 0 Å². The third kappa shape index (κ3) is 5.09. The molecule has 0 atom stereocenters. The second-order valence-electron chi connectivity index (χ2n) is 10.2. The van der Waals surface area contributed by atoms with Crippen LogP contribution in [0.2, 0.25) is 0 Å². The number of fused-ring (bicyclic) bond motifs is 2. The summed E-state index contributed by atoms with van der Waals surface area (Å²) in [6, 6.07) is 22.9. The summed E-state index contributed by atoms with van der Waals surface area (Å²) < 4.78 is 6.97. The van der Waals surface area contributed by atoms with E-state index >= 15 is 0 Å². The van der Waals surface area contributed by atoms with Crippen molar-refractivity contribution in [2.24, 2.45) is 0 Å². The second-order valence-corrected chi connectivity index (χ2v) is 10.2. The first-order chi connectivity index (χ1) is 17.7. The number of benzene rings is 3. The van der Waals surface area contributed by atoms with Gasteiger partial charge in [-0.1, -0.05) is 72.8 Å². The Bertz CT molecular complexity index is 1590. The summed E-state index contributed by atoms with van der Waals surface area (Å²) in [5.41, 5.74) is 4.11. The smallest absolute Gasteiger partial charge is 0.338 e. The van der Waals surface area contributed by atoms with Gasteiger partial charge in [0.05, 0.1) is 12.1 Å². The molecule has 0 fully saturated rings. The van der Waals surface area contributed by atoms with Gasteiger partial charge < -0.3 is 4.74 Å². The van der Waals surface area contributed by atoms with Crippen molar-refractivity contribution in [2.75, 3.05) is 0 Å². The minimum absolute atomic E-state index is 0.188. The van der Waals surface area contributed by atoms with Crippen LogP contribution in [0.25, 0.3) is 12.2 Å². The summed E-state index contributed by atoms with van der Waals surface area (Å²) >= 11 is 0. The zero-order valence-corrected chi connectivity index (χ0v) is 21.0. The van der Waals surface area contributed by atoms with Crippen LogP contribution in [0.15, 0.2) is 88.6 Å². The molecular formula is C31H28N2O4. The molecule has 5 rings (SSSR count). The van der Waals surface area contributed by atoms with E-state index in [1.165, 1.54) is 4.57 Å². The van der Waals surface area contributed by atoms with Gasteiger partial charge in [-0.05, 0) is 60.7 Å². The molecule has 186 valence electrons. The number of rotatable bonds is 4. The van der Waals surface area contributed by atoms with Gasteiger partial charge in [0.15, 0.2) is 0 Å². The fourth-order valence-electron chi connectivity index (χ4n) is 4.71. The number of carbonyl (C=O) groups is 1. The normalized spacial score (nSPS) is 12.9. The fourth-order valence-corrected chi connectivity index (χ4v) is 4.71.